The highest BCUT2D eigenvalue weighted by atomic mass is 79.9. The molecule has 0 bridgehead atoms. The van der Waals surface area contributed by atoms with Gasteiger partial charge in [-0.25, -0.2) is 4.98 Å². The number of halogens is 2. The van der Waals surface area contributed by atoms with Crippen LogP contribution in [-0.4, -0.2) is 23.5 Å². The quantitative estimate of drug-likeness (QED) is 0.842. The first-order valence-corrected chi connectivity index (χ1v) is 6.66. The molecule has 0 saturated carbocycles. The largest absolute Gasteiger partial charge is 0.325 e. The molecule has 92 valence electrons. The fourth-order valence-corrected chi connectivity index (χ4v) is 2.31. The zero-order valence-corrected chi connectivity index (χ0v) is 11.5. The van der Waals surface area contributed by atoms with Crippen molar-refractivity contribution < 1.29 is 4.79 Å². The molecular formula is C11H13BrClN3O. The third-order valence-electron chi connectivity index (χ3n) is 2.67. The standard InChI is InChI=1S/C11H13BrClN3O/c12-9-4-8(6-15-11(9)13)16-10(17)5-7-2-1-3-14-7/h4,6-7,14H,1-3,5H2,(H,16,17). The number of nitrogens with one attached hydrogen (secondary N) is 2. The predicted octanol–water partition coefficient (Wildman–Crippen LogP) is 2.58. The number of hydrogen-bond donors (Lipinski definition) is 2. The summed E-state index contributed by atoms with van der Waals surface area (Å²) in [6, 6.07) is 2.05. The number of carbonyl (C=O) groups is 1. The Bertz CT molecular complexity index is 421. The molecular weight excluding hydrogens is 305 g/mol. The van der Waals surface area contributed by atoms with Gasteiger partial charge in [0.05, 0.1) is 16.4 Å². The minimum absolute atomic E-state index is 0.000391. The molecule has 1 atom stereocenters. The fraction of sp³-hybridized carbons (Fsp3) is 0.455. The third-order valence-corrected chi connectivity index (χ3v) is 3.81. The minimum Gasteiger partial charge on any atom is -0.325 e. The summed E-state index contributed by atoms with van der Waals surface area (Å²) >= 11 is 9.04. The Kier molecular flexibility index (Phi) is 4.36. The van der Waals surface area contributed by atoms with Gasteiger partial charge in [-0.1, -0.05) is 11.6 Å². The van der Waals surface area contributed by atoms with Crippen LogP contribution < -0.4 is 10.6 Å². The van der Waals surface area contributed by atoms with E-state index in [1.807, 2.05) is 0 Å². The van der Waals surface area contributed by atoms with Crippen molar-refractivity contribution in [3.8, 4) is 0 Å². The van der Waals surface area contributed by atoms with E-state index in [4.69, 9.17) is 11.6 Å². The van der Waals surface area contributed by atoms with E-state index in [0.29, 0.717) is 27.8 Å². The summed E-state index contributed by atoms with van der Waals surface area (Å²) in [4.78, 5) is 15.7. The molecule has 2 N–H and O–H groups in total. The lowest BCUT2D eigenvalue weighted by Gasteiger charge is -2.10. The summed E-state index contributed by atoms with van der Waals surface area (Å²) in [5, 5.41) is 6.48. The van der Waals surface area contributed by atoms with E-state index in [1.165, 1.54) is 0 Å². The molecule has 2 rings (SSSR count). The Morgan fingerprint density at radius 3 is 3.18 bits per heavy atom. The maximum absolute atomic E-state index is 11.7. The van der Waals surface area contributed by atoms with Gasteiger partial charge >= 0.3 is 0 Å². The van der Waals surface area contributed by atoms with E-state index in [9.17, 15) is 4.79 Å². The van der Waals surface area contributed by atoms with Gasteiger partial charge in [0.2, 0.25) is 5.91 Å². The maximum Gasteiger partial charge on any atom is 0.225 e. The van der Waals surface area contributed by atoms with Crippen LogP contribution in [-0.2, 0) is 4.79 Å². The summed E-state index contributed by atoms with van der Waals surface area (Å²) in [5.74, 6) is 0.000391. The Hall–Kier alpha value is -0.650. The summed E-state index contributed by atoms with van der Waals surface area (Å²) < 4.78 is 0.677. The van der Waals surface area contributed by atoms with Gasteiger partial charge in [0.25, 0.3) is 0 Å². The van der Waals surface area contributed by atoms with Gasteiger partial charge in [-0.15, -0.1) is 0 Å². The van der Waals surface area contributed by atoms with Gasteiger partial charge in [0.15, 0.2) is 0 Å². The van der Waals surface area contributed by atoms with Crippen LogP contribution in [0.25, 0.3) is 0 Å². The molecule has 1 saturated heterocycles. The van der Waals surface area contributed by atoms with Crippen LogP contribution in [0.5, 0.6) is 0 Å². The molecule has 2 heterocycles. The average molecular weight is 319 g/mol. The summed E-state index contributed by atoms with van der Waals surface area (Å²) in [7, 11) is 0. The molecule has 1 aliphatic rings. The van der Waals surface area contributed by atoms with Gasteiger partial charge in [-0.2, -0.15) is 0 Å². The molecule has 4 nitrogen and oxygen atoms in total. The molecule has 0 radical (unpaired) electrons. The second-order valence-corrected chi connectivity index (χ2v) is 5.25. The number of pyridine rings is 1. The number of nitrogens with zero attached hydrogens (tertiary/aromatic N) is 1. The van der Waals surface area contributed by atoms with Gasteiger partial charge in [0.1, 0.15) is 5.15 Å². The molecule has 1 aromatic rings. The first kappa shape index (κ1) is 12.8. The van der Waals surface area contributed by atoms with Crippen molar-refractivity contribution in [3.63, 3.8) is 0 Å². The second kappa shape index (κ2) is 5.80. The number of anilines is 1. The van der Waals surface area contributed by atoms with Crippen molar-refractivity contribution in [1.82, 2.24) is 10.3 Å². The summed E-state index contributed by atoms with van der Waals surface area (Å²) in [6.07, 6.45) is 4.26. The monoisotopic (exact) mass is 317 g/mol. The Labute approximate surface area is 113 Å². The molecule has 6 heteroatoms. The third kappa shape index (κ3) is 3.66. The minimum atomic E-state index is 0.000391. The van der Waals surface area contributed by atoms with Crippen LogP contribution in [0.1, 0.15) is 19.3 Å². The summed E-state index contributed by atoms with van der Waals surface area (Å²) in [6.45, 7) is 1.01. The van der Waals surface area contributed by atoms with Crippen molar-refractivity contribution in [2.45, 2.75) is 25.3 Å². The first-order valence-electron chi connectivity index (χ1n) is 5.49. The number of amides is 1. The highest BCUT2D eigenvalue weighted by Crippen LogP contribution is 2.23. The van der Waals surface area contributed by atoms with Crippen LogP contribution >= 0.6 is 27.5 Å². The van der Waals surface area contributed by atoms with Crippen LogP contribution in [0.15, 0.2) is 16.7 Å². The molecule has 1 aromatic heterocycles. The Balaban J connectivity index is 1.90. The topological polar surface area (TPSA) is 54.0 Å². The van der Waals surface area contributed by atoms with Crippen LogP contribution in [0.2, 0.25) is 5.15 Å². The second-order valence-electron chi connectivity index (χ2n) is 4.04. The summed E-state index contributed by atoms with van der Waals surface area (Å²) in [5.41, 5.74) is 0.657. The smallest absolute Gasteiger partial charge is 0.225 e. The lowest BCUT2D eigenvalue weighted by molar-refractivity contribution is -0.116. The zero-order valence-electron chi connectivity index (χ0n) is 9.17. The molecule has 1 fully saturated rings. The lowest BCUT2D eigenvalue weighted by atomic mass is 10.1. The van der Waals surface area contributed by atoms with Gasteiger partial charge in [0, 0.05) is 12.5 Å². The number of carbonyl (C=O) groups excluding carboxylic acids is 1. The molecule has 0 spiro atoms. The van der Waals surface area contributed by atoms with Gasteiger partial charge < -0.3 is 10.6 Å². The molecule has 1 unspecified atom stereocenters. The van der Waals surface area contributed by atoms with E-state index in [2.05, 4.69) is 31.5 Å². The Morgan fingerprint density at radius 2 is 2.53 bits per heavy atom. The van der Waals surface area contributed by atoms with Crippen molar-refractivity contribution in [3.05, 3.63) is 21.9 Å². The number of hydrogen-bond acceptors (Lipinski definition) is 3. The van der Waals surface area contributed by atoms with E-state index < -0.39 is 0 Å². The van der Waals surface area contributed by atoms with Crippen molar-refractivity contribution in [1.29, 1.82) is 0 Å². The zero-order chi connectivity index (χ0) is 12.3. The molecule has 1 amide bonds. The molecule has 0 aromatic carbocycles. The molecule has 0 aliphatic carbocycles. The van der Waals surface area contributed by atoms with E-state index in [0.717, 1.165) is 19.4 Å². The highest BCUT2D eigenvalue weighted by molar-refractivity contribution is 9.10. The van der Waals surface area contributed by atoms with Crippen LogP contribution in [0, 0.1) is 0 Å². The average Bonchev–Trinajstić information content (AvgIpc) is 2.76. The normalized spacial score (nSPS) is 19.3. The predicted molar refractivity (Wildman–Crippen MR) is 71.2 cm³/mol. The molecule has 1 aliphatic heterocycles. The van der Waals surface area contributed by atoms with Gasteiger partial charge in [-0.05, 0) is 41.4 Å². The first-order chi connectivity index (χ1) is 8.15. The maximum atomic E-state index is 11.7. The van der Waals surface area contributed by atoms with E-state index in [1.54, 1.807) is 12.3 Å². The lowest BCUT2D eigenvalue weighted by Crippen LogP contribution is -2.27. The molecule has 17 heavy (non-hydrogen) atoms. The van der Waals surface area contributed by atoms with Crippen molar-refractivity contribution in [2.75, 3.05) is 11.9 Å². The van der Waals surface area contributed by atoms with Gasteiger partial charge in [-0.3, -0.25) is 4.79 Å². The van der Waals surface area contributed by atoms with Crippen LogP contribution in [0.3, 0.4) is 0 Å². The van der Waals surface area contributed by atoms with Crippen molar-refractivity contribution in [2.24, 2.45) is 0 Å². The number of rotatable bonds is 3. The Morgan fingerprint density at radius 1 is 1.71 bits per heavy atom. The SMILES string of the molecule is O=C(CC1CCCN1)Nc1cnc(Cl)c(Br)c1. The van der Waals surface area contributed by atoms with Crippen molar-refractivity contribution >= 4 is 39.1 Å². The van der Waals surface area contributed by atoms with E-state index >= 15 is 0 Å². The fourth-order valence-electron chi connectivity index (χ4n) is 1.86. The highest BCUT2D eigenvalue weighted by Gasteiger charge is 2.17. The number of aromatic nitrogens is 1. The van der Waals surface area contributed by atoms with E-state index in [-0.39, 0.29) is 5.91 Å². The van der Waals surface area contributed by atoms with Crippen LogP contribution in [0.4, 0.5) is 5.69 Å².